The highest BCUT2D eigenvalue weighted by molar-refractivity contribution is 5.82. The highest BCUT2D eigenvalue weighted by atomic mass is 16.1. The van der Waals surface area contributed by atoms with E-state index in [-0.39, 0.29) is 5.92 Å². The van der Waals surface area contributed by atoms with Gasteiger partial charge in [0.1, 0.15) is 5.78 Å². The molecule has 0 bridgehead atoms. The Labute approximate surface area is 111 Å². The molecule has 3 aliphatic rings. The summed E-state index contributed by atoms with van der Waals surface area (Å²) < 4.78 is 0. The molecule has 0 aromatic carbocycles. The molecule has 0 aliphatic heterocycles. The number of ketones is 1. The van der Waals surface area contributed by atoms with Crippen LogP contribution in [0.5, 0.6) is 0 Å². The van der Waals surface area contributed by atoms with Crippen molar-refractivity contribution in [3.8, 4) is 0 Å². The van der Waals surface area contributed by atoms with Crippen LogP contribution in [0, 0.1) is 22.7 Å². The van der Waals surface area contributed by atoms with E-state index in [1.165, 1.54) is 32.1 Å². The van der Waals surface area contributed by atoms with E-state index in [2.05, 4.69) is 26.8 Å². The lowest BCUT2D eigenvalue weighted by molar-refractivity contribution is -0.131. The molecule has 3 rings (SSSR count). The van der Waals surface area contributed by atoms with Crippen molar-refractivity contribution in [2.45, 2.75) is 65.7 Å². The van der Waals surface area contributed by atoms with E-state index in [1.807, 2.05) is 0 Å². The van der Waals surface area contributed by atoms with Crippen LogP contribution in [-0.2, 0) is 4.79 Å². The maximum Gasteiger partial charge on any atom is 0.136 e. The smallest absolute Gasteiger partial charge is 0.136 e. The lowest BCUT2D eigenvalue weighted by Crippen LogP contribution is -2.49. The molecule has 0 heterocycles. The summed E-state index contributed by atoms with van der Waals surface area (Å²) in [5.41, 5.74) is 2.49. The van der Waals surface area contributed by atoms with Gasteiger partial charge in [-0.15, -0.1) is 0 Å². The Balaban J connectivity index is 2.02. The molecule has 1 heteroatoms. The molecule has 0 N–H and O–H groups in total. The second-order valence-electron chi connectivity index (χ2n) is 7.39. The van der Waals surface area contributed by atoms with Gasteiger partial charge in [-0.1, -0.05) is 32.4 Å². The zero-order valence-corrected chi connectivity index (χ0v) is 12.1. The summed E-state index contributed by atoms with van der Waals surface area (Å²) in [5.74, 6) is 1.41. The third kappa shape index (κ3) is 1.55. The van der Waals surface area contributed by atoms with Crippen LogP contribution in [0.2, 0.25) is 0 Å². The Morgan fingerprint density at radius 1 is 1.22 bits per heavy atom. The monoisotopic (exact) mass is 246 g/mol. The van der Waals surface area contributed by atoms with Crippen LogP contribution in [-0.4, -0.2) is 5.78 Å². The molecule has 4 atom stereocenters. The SMILES string of the molecule is C[C@H]1C(=O)CC[C@]2(C)C3=CCCC[C@]3(C)CCC12. The second-order valence-corrected chi connectivity index (χ2v) is 7.39. The molecule has 0 amide bonds. The van der Waals surface area contributed by atoms with E-state index in [0.29, 0.717) is 22.5 Å². The molecule has 0 saturated heterocycles. The number of allylic oxidation sites excluding steroid dienone is 2. The zero-order chi connectivity index (χ0) is 13.0. The van der Waals surface area contributed by atoms with Gasteiger partial charge in [0.25, 0.3) is 0 Å². The molecule has 0 radical (unpaired) electrons. The van der Waals surface area contributed by atoms with Crippen molar-refractivity contribution in [1.29, 1.82) is 0 Å². The molecule has 0 spiro atoms. The average molecular weight is 246 g/mol. The molecule has 0 aromatic heterocycles. The predicted octanol–water partition coefficient (Wildman–Crippen LogP) is 4.52. The lowest BCUT2D eigenvalue weighted by atomic mass is 9.47. The van der Waals surface area contributed by atoms with Gasteiger partial charge in [0.2, 0.25) is 0 Å². The van der Waals surface area contributed by atoms with Crippen molar-refractivity contribution in [3.63, 3.8) is 0 Å². The normalized spacial score (nSPS) is 48.2. The summed E-state index contributed by atoms with van der Waals surface area (Å²) in [4.78, 5) is 12.0. The Kier molecular flexibility index (Phi) is 2.73. The van der Waals surface area contributed by atoms with Crippen molar-refractivity contribution in [2.24, 2.45) is 22.7 Å². The van der Waals surface area contributed by atoms with Gasteiger partial charge in [-0.2, -0.15) is 0 Å². The van der Waals surface area contributed by atoms with Gasteiger partial charge in [0, 0.05) is 12.3 Å². The van der Waals surface area contributed by atoms with E-state index in [1.54, 1.807) is 5.57 Å². The number of Topliss-reactive ketones (excluding diaryl/α,β-unsaturated/α-hetero) is 1. The molecule has 3 aliphatic carbocycles. The molecule has 100 valence electrons. The number of hydrogen-bond donors (Lipinski definition) is 0. The molecule has 0 aromatic rings. The minimum Gasteiger partial charge on any atom is -0.299 e. The van der Waals surface area contributed by atoms with Crippen LogP contribution in [0.15, 0.2) is 11.6 Å². The maximum atomic E-state index is 12.0. The van der Waals surface area contributed by atoms with Crippen molar-refractivity contribution in [2.75, 3.05) is 0 Å². The zero-order valence-electron chi connectivity index (χ0n) is 12.1. The summed E-state index contributed by atoms with van der Waals surface area (Å²) in [7, 11) is 0. The van der Waals surface area contributed by atoms with Crippen molar-refractivity contribution in [3.05, 3.63) is 11.6 Å². The number of fused-ring (bicyclic) bond motifs is 3. The topological polar surface area (TPSA) is 17.1 Å². The summed E-state index contributed by atoms with van der Waals surface area (Å²) >= 11 is 0. The predicted molar refractivity (Wildman–Crippen MR) is 74.3 cm³/mol. The van der Waals surface area contributed by atoms with Crippen LogP contribution in [0.1, 0.15) is 65.7 Å². The largest absolute Gasteiger partial charge is 0.299 e. The van der Waals surface area contributed by atoms with Gasteiger partial charge in [0.05, 0.1) is 0 Å². The van der Waals surface area contributed by atoms with Crippen LogP contribution in [0.4, 0.5) is 0 Å². The molecule has 1 nitrogen and oxygen atoms in total. The van der Waals surface area contributed by atoms with Crippen LogP contribution in [0.3, 0.4) is 0 Å². The lowest BCUT2D eigenvalue weighted by Gasteiger charge is -2.57. The minimum absolute atomic E-state index is 0.288. The Morgan fingerprint density at radius 2 is 2.00 bits per heavy atom. The maximum absolute atomic E-state index is 12.0. The molecule has 18 heavy (non-hydrogen) atoms. The van der Waals surface area contributed by atoms with Gasteiger partial charge in [-0.05, 0) is 55.3 Å². The first kappa shape index (κ1) is 12.4. The minimum atomic E-state index is 0.288. The highest BCUT2D eigenvalue weighted by Crippen LogP contribution is 2.62. The van der Waals surface area contributed by atoms with Gasteiger partial charge in [-0.25, -0.2) is 0 Å². The molecular weight excluding hydrogens is 220 g/mol. The first-order chi connectivity index (χ1) is 8.47. The quantitative estimate of drug-likeness (QED) is 0.574. The van der Waals surface area contributed by atoms with E-state index < -0.39 is 0 Å². The van der Waals surface area contributed by atoms with Gasteiger partial charge < -0.3 is 0 Å². The number of carbonyl (C=O) groups excluding carboxylic acids is 1. The van der Waals surface area contributed by atoms with Gasteiger partial charge in [0.15, 0.2) is 0 Å². The third-order valence-corrected chi connectivity index (χ3v) is 6.37. The Hall–Kier alpha value is -0.590. The van der Waals surface area contributed by atoms with E-state index in [9.17, 15) is 4.79 Å². The van der Waals surface area contributed by atoms with Crippen molar-refractivity contribution < 1.29 is 4.79 Å². The highest BCUT2D eigenvalue weighted by Gasteiger charge is 2.54. The summed E-state index contributed by atoms with van der Waals surface area (Å²) in [5, 5.41) is 0. The van der Waals surface area contributed by atoms with Crippen LogP contribution in [0.25, 0.3) is 0 Å². The molecule has 2 fully saturated rings. The molecule has 2 saturated carbocycles. The number of rotatable bonds is 0. The fraction of sp³-hybridized carbons (Fsp3) is 0.824. The third-order valence-electron chi connectivity index (χ3n) is 6.37. The number of hydrogen-bond acceptors (Lipinski definition) is 1. The standard InChI is InChI=1S/C17H26O/c1-12-13-7-10-16(2)9-5-4-6-15(16)17(13,3)11-8-14(12)18/h6,12-13H,4-5,7-11H2,1-3H3/t12-,13?,16-,17+/m1/s1. The first-order valence-electron chi connectivity index (χ1n) is 7.71. The number of carbonyl (C=O) groups is 1. The average Bonchev–Trinajstić information content (AvgIpc) is 2.34. The Morgan fingerprint density at radius 3 is 2.78 bits per heavy atom. The Bertz CT molecular complexity index is 408. The van der Waals surface area contributed by atoms with Gasteiger partial charge >= 0.3 is 0 Å². The summed E-state index contributed by atoms with van der Waals surface area (Å²) in [6, 6.07) is 0. The molecule has 1 unspecified atom stereocenters. The summed E-state index contributed by atoms with van der Waals surface area (Å²) in [6.07, 6.45) is 11.0. The fourth-order valence-electron chi connectivity index (χ4n) is 5.25. The fourth-order valence-corrected chi connectivity index (χ4v) is 5.25. The first-order valence-corrected chi connectivity index (χ1v) is 7.71. The van der Waals surface area contributed by atoms with E-state index in [4.69, 9.17) is 0 Å². The van der Waals surface area contributed by atoms with Crippen LogP contribution >= 0.6 is 0 Å². The second kappa shape index (κ2) is 3.95. The molecular formula is C17H26O. The van der Waals surface area contributed by atoms with E-state index >= 15 is 0 Å². The van der Waals surface area contributed by atoms with Gasteiger partial charge in [-0.3, -0.25) is 4.79 Å². The van der Waals surface area contributed by atoms with Crippen molar-refractivity contribution >= 4 is 5.78 Å². The van der Waals surface area contributed by atoms with E-state index in [0.717, 1.165) is 12.8 Å². The van der Waals surface area contributed by atoms with Crippen LogP contribution < -0.4 is 0 Å². The van der Waals surface area contributed by atoms with Crippen molar-refractivity contribution in [1.82, 2.24) is 0 Å². The summed E-state index contributed by atoms with van der Waals surface area (Å²) in [6.45, 7) is 7.10.